The van der Waals surface area contributed by atoms with Crippen LogP contribution in [-0.2, 0) is 4.74 Å². The van der Waals surface area contributed by atoms with Gasteiger partial charge < -0.3 is 10.1 Å². The summed E-state index contributed by atoms with van der Waals surface area (Å²) in [6, 6.07) is 0.662. The van der Waals surface area contributed by atoms with E-state index in [9.17, 15) is 0 Å². The molecule has 2 unspecified atom stereocenters. The van der Waals surface area contributed by atoms with Crippen LogP contribution in [0, 0.1) is 6.61 Å². The van der Waals surface area contributed by atoms with Crippen LogP contribution in [0.4, 0.5) is 0 Å². The van der Waals surface area contributed by atoms with E-state index in [0.717, 1.165) is 6.54 Å². The van der Waals surface area contributed by atoms with E-state index >= 15 is 0 Å². The molecule has 0 aromatic carbocycles. The van der Waals surface area contributed by atoms with Crippen molar-refractivity contribution in [1.82, 2.24) is 5.32 Å². The molecule has 2 nitrogen and oxygen atoms in total. The van der Waals surface area contributed by atoms with Crippen molar-refractivity contribution in [1.29, 1.82) is 0 Å². The molecule has 2 heteroatoms. The summed E-state index contributed by atoms with van der Waals surface area (Å²) < 4.78 is 5.41. The summed E-state index contributed by atoms with van der Waals surface area (Å²) in [7, 11) is 0. The van der Waals surface area contributed by atoms with Gasteiger partial charge >= 0.3 is 0 Å². The fraction of sp³-hybridized carbons (Fsp3) is 0.857. The van der Waals surface area contributed by atoms with Gasteiger partial charge in [-0.1, -0.05) is 0 Å². The lowest BCUT2D eigenvalue weighted by atomic mass is 10.2. The van der Waals surface area contributed by atoms with Gasteiger partial charge in [-0.25, -0.2) is 0 Å². The number of rotatable bonds is 0. The second-order valence-electron chi connectivity index (χ2n) is 2.79. The summed E-state index contributed by atoms with van der Waals surface area (Å²) in [6.07, 6.45) is 4.38. The summed E-state index contributed by atoms with van der Waals surface area (Å²) >= 11 is 0. The van der Waals surface area contributed by atoms with Crippen molar-refractivity contribution < 1.29 is 4.74 Å². The van der Waals surface area contributed by atoms with E-state index in [1.165, 1.54) is 19.3 Å². The Morgan fingerprint density at radius 3 is 3.33 bits per heavy atom. The maximum atomic E-state index is 5.41. The minimum absolute atomic E-state index is 0.499. The molecule has 2 fully saturated rings. The van der Waals surface area contributed by atoms with Crippen molar-refractivity contribution in [3.05, 3.63) is 6.61 Å². The molecule has 0 amide bonds. The third-order valence-corrected chi connectivity index (χ3v) is 2.19. The van der Waals surface area contributed by atoms with Crippen LogP contribution < -0.4 is 5.32 Å². The van der Waals surface area contributed by atoms with Gasteiger partial charge in [0.2, 0.25) is 0 Å². The van der Waals surface area contributed by atoms with Gasteiger partial charge in [-0.05, 0) is 19.3 Å². The Kier molecular flexibility index (Phi) is 1.44. The molecule has 2 atom stereocenters. The second kappa shape index (κ2) is 2.27. The van der Waals surface area contributed by atoms with Crippen LogP contribution in [0.3, 0.4) is 0 Å². The van der Waals surface area contributed by atoms with Crippen LogP contribution in [-0.4, -0.2) is 18.7 Å². The fourth-order valence-corrected chi connectivity index (χ4v) is 1.69. The Balaban J connectivity index is 1.97. The zero-order valence-electron chi connectivity index (χ0n) is 5.47. The first-order chi connectivity index (χ1) is 4.47. The molecule has 1 saturated heterocycles. The highest BCUT2D eigenvalue weighted by Crippen LogP contribution is 2.24. The lowest BCUT2D eigenvalue weighted by Crippen LogP contribution is -2.42. The minimum Gasteiger partial charge on any atom is -0.369 e. The maximum absolute atomic E-state index is 5.41. The third-order valence-electron chi connectivity index (χ3n) is 2.19. The van der Waals surface area contributed by atoms with Crippen molar-refractivity contribution in [2.24, 2.45) is 0 Å². The van der Waals surface area contributed by atoms with Crippen LogP contribution in [0.25, 0.3) is 0 Å². The average molecular weight is 126 g/mol. The van der Waals surface area contributed by atoms with E-state index in [1.807, 2.05) is 6.61 Å². The van der Waals surface area contributed by atoms with Crippen LogP contribution in [0.5, 0.6) is 0 Å². The predicted octanol–water partition coefficient (Wildman–Crippen LogP) is 0.689. The first-order valence-electron chi connectivity index (χ1n) is 3.67. The van der Waals surface area contributed by atoms with Crippen molar-refractivity contribution in [2.45, 2.75) is 31.4 Å². The average Bonchev–Trinajstić information content (AvgIpc) is 2.33. The number of nitrogens with one attached hydrogen (secondary N) is 1. The molecule has 1 aliphatic heterocycles. The predicted molar refractivity (Wildman–Crippen MR) is 34.8 cm³/mol. The summed E-state index contributed by atoms with van der Waals surface area (Å²) in [6.45, 7) is 2.81. The third kappa shape index (κ3) is 0.970. The smallest absolute Gasteiger partial charge is 0.0977 e. The summed E-state index contributed by atoms with van der Waals surface area (Å²) in [5.74, 6) is 0. The van der Waals surface area contributed by atoms with Gasteiger partial charge in [0.15, 0.2) is 0 Å². The number of hydrogen-bond acceptors (Lipinski definition) is 2. The SMILES string of the molecule is [CH]1CNC2CCCC2O1. The molecular weight excluding hydrogens is 114 g/mol. The summed E-state index contributed by atoms with van der Waals surface area (Å²) in [5.41, 5.74) is 0. The van der Waals surface area contributed by atoms with E-state index in [-0.39, 0.29) is 0 Å². The highest BCUT2D eigenvalue weighted by Gasteiger charge is 2.29. The maximum Gasteiger partial charge on any atom is 0.0977 e. The molecule has 1 aliphatic carbocycles. The van der Waals surface area contributed by atoms with Crippen molar-refractivity contribution in [3.63, 3.8) is 0 Å². The molecule has 0 spiro atoms. The highest BCUT2D eigenvalue weighted by atomic mass is 16.5. The molecule has 2 aliphatic rings. The Hall–Kier alpha value is -0.0800. The molecule has 1 radical (unpaired) electrons. The Morgan fingerprint density at radius 1 is 1.44 bits per heavy atom. The topological polar surface area (TPSA) is 21.3 Å². The lowest BCUT2D eigenvalue weighted by molar-refractivity contribution is 0.0569. The van der Waals surface area contributed by atoms with Gasteiger partial charge in [-0.2, -0.15) is 0 Å². The molecule has 51 valence electrons. The normalized spacial score (nSPS) is 42.7. The van der Waals surface area contributed by atoms with Crippen LogP contribution >= 0.6 is 0 Å². The van der Waals surface area contributed by atoms with Crippen molar-refractivity contribution >= 4 is 0 Å². The first-order valence-corrected chi connectivity index (χ1v) is 3.67. The molecule has 0 aromatic rings. The van der Waals surface area contributed by atoms with Gasteiger partial charge in [0.25, 0.3) is 0 Å². The Morgan fingerprint density at radius 2 is 2.44 bits per heavy atom. The molecule has 1 saturated carbocycles. The van der Waals surface area contributed by atoms with E-state index in [1.54, 1.807) is 0 Å². The molecule has 0 bridgehead atoms. The monoisotopic (exact) mass is 126 g/mol. The first kappa shape index (κ1) is 5.69. The minimum atomic E-state index is 0.499. The van der Waals surface area contributed by atoms with Gasteiger partial charge in [0.1, 0.15) is 0 Å². The summed E-state index contributed by atoms with van der Waals surface area (Å²) in [5, 5.41) is 3.40. The second-order valence-corrected chi connectivity index (χ2v) is 2.79. The van der Waals surface area contributed by atoms with Gasteiger partial charge in [0, 0.05) is 12.6 Å². The highest BCUT2D eigenvalue weighted by molar-refractivity contribution is 4.88. The van der Waals surface area contributed by atoms with E-state index < -0.39 is 0 Å². The number of morpholine rings is 1. The van der Waals surface area contributed by atoms with Gasteiger partial charge in [-0.3, -0.25) is 0 Å². The number of fused-ring (bicyclic) bond motifs is 1. The zero-order valence-corrected chi connectivity index (χ0v) is 5.47. The van der Waals surface area contributed by atoms with E-state index in [2.05, 4.69) is 5.32 Å². The molecular formula is C7H12NO. The molecule has 9 heavy (non-hydrogen) atoms. The zero-order chi connectivity index (χ0) is 6.10. The lowest BCUT2D eigenvalue weighted by Gasteiger charge is -2.26. The Labute approximate surface area is 55.6 Å². The van der Waals surface area contributed by atoms with Crippen LogP contribution in [0.2, 0.25) is 0 Å². The number of hydrogen-bond donors (Lipinski definition) is 1. The van der Waals surface area contributed by atoms with Crippen LogP contribution in [0.1, 0.15) is 19.3 Å². The van der Waals surface area contributed by atoms with Crippen molar-refractivity contribution in [2.75, 3.05) is 6.54 Å². The molecule has 1 N–H and O–H groups in total. The standard InChI is InChI=1S/C7H12NO/c1-2-6-7(3-1)9-5-4-8-6/h5-8H,1-4H2. The largest absolute Gasteiger partial charge is 0.369 e. The van der Waals surface area contributed by atoms with E-state index in [0.29, 0.717) is 12.1 Å². The molecule has 1 heterocycles. The van der Waals surface area contributed by atoms with Crippen molar-refractivity contribution in [3.8, 4) is 0 Å². The summed E-state index contributed by atoms with van der Waals surface area (Å²) in [4.78, 5) is 0. The van der Waals surface area contributed by atoms with E-state index in [4.69, 9.17) is 4.74 Å². The quantitative estimate of drug-likeness (QED) is 0.515. The fourth-order valence-electron chi connectivity index (χ4n) is 1.69. The molecule has 2 rings (SSSR count). The Bertz CT molecular complexity index is 93.1. The van der Waals surface area contributed by atoms with Gasteiger partial charge in [-0.15, -0.1) is 0 Å². The van der Waals surface area contributed by atoms with Crippen LogP contribution in [0.15, 0.2) is 0 Å². The molecule has 0 aromatic heterocycles. The van der Waals surface area contributed by atoms with Gasteiger partial charge in [0.05, 0.1) is 12.7 Å². The number of ether oxygens (including phenoxy) is 1.